The fourth-order valence-electron chi connectivity index (χ4n) is 1.72. The molecule has 0 aliphatic rings. The van der Waals surface area contributed by atoms with Crippen LogP contribution in [-0.4, -0.2) is 27.1 Å². The molecule has 2 aromatic carbocycles. The maximum absolute atomic E-state index is 12.0. The van der Waals surface area contributed by atoms with Gasteiger partial charge in [-0.3, -0.25) is 4.79 Å². The van der Waals surface area contributed by atoms with Gasteiger partial charge in [0, 0.05) is 0 Å². The van der Waals surface area contributed by atoms with Crippen LogP contribution in [-0.2, 0) is 14.8 Å². The van der Waals surface area contributed by atoms with Crippen LogP contribution in [0.25, 0.3) is 0 Å². The minimum Gasteiger partial charge on any atom is -0.272 e. The number of nitrogens with one attached hydrogen (secondary N) is 2. The number of rotatable bonds is 6. The highest BCUT2D eigenvalue weighted by atomic mass is 32.2. The lowest BCUT2D eigenvalue weighted by Gasteiger charge is -2.06. The molecule has 0 heterocycles. The Morgan fingerprint density at radius 3 is 2.39 bits per heavy atom. The van der Waals surface area contributed by atoms with E-state index in [1.807, 2.05) is 37.3 Å². The molecular weight excluding hydrogens is 314 g/mol. The average molecular weight is 331 g/mol. The normalized spacial score (nSPS) is 11.5. The predicted octanol–water partition coefficient (Wildman–Crippen LogP) is 1.42. The second-order valence-corrected chi connectivity index (χ2v) is 6.61. The maximum atomic E-state index is 12.0. The largest absolute Gasteiger partial charge is 0.272 e. The monoisotopic (exact) mass is 331 g/mol. The topological polar surface area (TPSA) is 87.6 Å². The summed E-state index contributed by atoms with van der Waals surface area (Å²) >= 11 is 0. The van der Waals surface area contributed by atoms with E-state index in [1.54, 1.807) is 12.1 Å². The lowest BCUT2D eigenvalue weighted by atomic mass is 10.2. The molecule has 0 saturated carbocycles. The molecule has 2 N–H and O–H groups in total. The lowest BCUT2D eigenvalue weighted by Crippen LogP contribution is -2.34. The van der Waals surface area contributed by atoms with Crippen LogP contribution in [0.15, 0.2) is 64.6 Å². The Balaban J connectivity index is 1.86. The zero-order valence-electron chi connectivity index (χ0n) is 12.6. The van der Waals surface area contributed by atoms with Gasteiger partial charge in [-0.15, -0.1) is 0 Å². The van der Waals surface area contributed by atoms with E-state index in [4.69, 9.17) is 0 Å². The standard InChI is InChI=1S/C16H17N3O3S/c1-13-7-9-15(10-8-13)23(21,22)18-12-16(20)19-17-11-14-5-3-2-4-6-14/h2-11,18H,12H2,1H3,(H,19,20)/b17-11+. The molecular formula is C16H17N3O3S. The molecule has 0 aliphatic carbocycles. The van der Waals surface area contributed by atoms with Crippen molar-refractivity contribution in [2.75, 3.05) is 6.54 Å². The van der Waals surface area contributed by atoms with Crippen molar-refractivity contribution < 1.29 is 13.2 Å². The molecule has 2 aromatic rings. The molecule has 0 spiro atoms. The Kier molecular flexibility index (Phi) is 5.61. The van der Waals surface area contributed by atoms with Crippen LogP contribution in [0.1, 0.15) is 11.1 Å². The Bertz CT molecular complexity index is 785. The van der Waals surface area contributed by atoms with E-state index >= 15 is 0 Å². The smallest absolute Gasteiger partial charge is 0.255 e. The highest BCUT2D eigenvalue weighted by molar-refractivity contribution is 7.89. The summed E-state index contributed by atoms with van der Waals surface area (Å²) in [4.78, 5) is 11.7. The van der Waals surface area contributed by atoms with Crippen LogP contribution in [0.5, 0.6) is 0 Å². The fourth-order valence-corrected chi connectivity index (χ4v) is 2.70. The van der Waals surface area contributed by atoms with E-state index < -0.39 is 15.9 Å². The van der Waals surface area contributed by atoms with E-state index in [1.165, 1.54) is 18.3 Å². The van der Waals surface area contributed by atoms with Gasteiger partial charge in [-0.1, -0.05) is 48.0 Å². The Hall–Kier alpha value is -2.51. The van der Waals surface area contributed by atoms with Gasteiger partial charge in [-0.25, -0.2) is 18.6 Å². The van der Waals surface area contributed by atoms with Gasteiger partial charge in [0.15, 0.2) is 0 Å². The molecule has 0 aliphatic heterocycles. The average Bonchev–Trinajstić information content (AvgIpc) is 2.54. The molecule has 120 valence electrons. The first-order valence-electron chi connectivity index (χ1n) is 6.91. The van der Waals surface area contributed by atoms with Crippen LogP contribution < -0.4 is 10.1 Å². The number of hydrogen-bond donors (Lipinski definition) is 2. The van der Waals surface area contributed by atoms with E-state index in [2.05, 4.69) is 15.2 Å². The number of hydrogen-bond acceptors (Lipinski definition) is 4. The second-order valence-electron chi connectivity index (χ2n) is 4.84. The van der Waals surface area contributed by atoms with Crippen molar-refractivity contribution in [1.29, 1.82) is 0 Å². The number of benzene rings is 2. The SMILES string of the molecule is Cc1ccc(S(=O)(=O)NCC(=O)N/N=C/c2ccccc2)cc1. The zero-order chi connectivity index (χ0) is 16.7. The number of hydrazone groups is 1. The first kappa shape index (κ1) is 16.9. The number of nitrogens with zero attached hydrogens (tertiary/aromatic N) is 1. The zero-order valence-corrected chi connectivity index (χ0v) is 13.4. The van der Waals surface area contributed by atoms with Crippen LogP contribution in [0.4, 0.5) is 0 Å². The van der Waals surface area contributed by atoms with Gasteiger partial charge in [-0.05, 0) is 24.6 Å². The van der Waals surface area contributed by atoms with Crippen molar-refractivity contribution >= 4 is 22.1 Å². The minimum atomic E-state index is -3.71. The van der Waals surface area contributed by atoms with Crippen molar-refractivity contribution in [2.24, 2.45) is 5.10 Å². The van der Waals surface area contributed by atoms with Gasteiger partial charge in [0.05, 0.1) is 17.7 Å². The molecule has 0 bridgehead atoms. The fraction of sp³-hybridized carbons (Fsp3) is 0.125. The van der Waals surface area contributed by atoms with Gasteiger partial charge in [-0.2, -0.15) is 5.10 Å². The first-order chi connectivity index (χ1) is 11.0. The molecule has 1 amide bonds. The Morgan fingerprint density at radius 2 is 1.74 bits per heavy atom. The number of carbonyl (C=O) groups excluding carboxylic acids is 1. The summed E-state index contributed by atoms with van der Waals surface area (Å²) in [6, 6.07) is 15.6. The van der Waals surface area contributed by atoms with Crippen LogP contribution in [0.3, 0.4) is 0 Å². The third-order valence-electron chi connectivity index (χ3n) is 2.96. The molecule has 0 saturated heterocycles. The van der Waals surface area contributed by atoms with Crippen LogP contribution in [0.2, 0.25) is 0 Å². The summed E-state index contributed by atoms with van der Waals surface area (Å²) in [7, 11) is -3.71. The summed E-state index contributed by atoms with van der Waals surface area (Å²) in [6.45, 7) is 1.48. The molecule has 6 nitrogen and oxygen atoms in total. The molecule has 2 rings (SSSR count). The van der Waals surface area contributed by atoms with Crippen LogP contribution in [0, 0.1) is 6.92 Å². The summed E-state index contributed by atoms with van der Waals surface area (Å²) in [5.74, 6) is -0.548. The summed E-state index contributed by atoms with van der Waals surface area (Å²) in [5, 5.41) is 3.77. The number of sulfonamides is 1. The summed E-state index contributed by atoms with van der Waals surface area (Å²) in [5.41, 5.74) is 4.05. The third kappa shape index (κ3) is 5.32. The Labute approximate surface area is 135 Å². The van der Waals surface area contributed by atoms with Gasteiger partial charge in [0.1, 0.15) is 0 Å². The van der Waals surface area contributed by atoms with Crippen LogP contribution >= 0.6 is 0 Å². The van der Waals surface area contributed by atoms with Crippen molar-refractivity contribution in [3.63, 3.8) is 0 Å². The summed E-state index contributed by atoms with van der Waals surface area (Å²) in [6.07, 6.45) is 1.48. The molecule has 0 aromatic heterocycles. The maximum Gasteiger partial charge on any atom is 0.255 e. The van der Waals surface area contributed by atoms with Crippen molar-refractivity contribution in [3.05, 3.63) is 65.7 Å². The minimum absolute atomic E-state index is 0.115. The van der Waals surface area contributed by atoms with Crippen molar-refractivity contribution in [1.82, 2.24) is 10.1 Å². The second kappa shape index (κ2) is 7.66. The number of aryl methyl sites for hydroxylation is 1. The quantitative estimate of drug-likeness (QED) is 0.620. The molecule has 0 radical (unpaired) electrons. The van der Waals surface area contributed by atoms with Gasteiger partial charge in [0.25, 0.3) is 5.91 Å². The van der Waals surface area contributed by atoms with E-state index in [-0.39, 0.29) is 11.4 Å². The predicted molar refractivity (Wildman–Crippen MR) is 88.5 cm³/mol. The Morgan fingerprint density at radius 1 is 1.09 bits per heavy atom. The lowest BCUT2D eigenvalue weighted by molar-refractivity contribution is -0.119. The first-order valence-corrected chi connectivity index (χ1v) is 8.39. The molecule has 0 atom stereocenters. The summed E-state index contributed by atoms with van der Waals surface area (Å²) < 4.78 is 26.3. The van der Waals surface area contributed by atoms with Gasteiger partial charge >= 0.3 is 0 Å². The highest BCUT2D eigenvalue weighted by Crippen LogP contribution is 2.09. The van der Waals surface area contributed by atoms with E-state index in [0.717, 1.165) is 11.1 Å². The molecule has 0 unspecified atom stereocenters. The van der Waals surface area contributed by atoms with Crippen molar-refractivity contribution in [2.45, 2.75) is 11.8 Å². The van der Waals surface area contributed by atoms with E-state index in [9.17, 15) is 13.2 Å². The molecule has 7 heteroatoms. The molecule has 23 heavy (non-hydrogen) atoms. The third-order valence-corrected chi connectivity index (χ3v) is 4.37. The highest BCUT2D eigenvalue weighted by Gasteiger charge is 2.14. The van der Waals surface area contributed by atoms with Crippen molar-refractivity contribution in [3.8, 4) is 0 Å². The van der Waals surface area contributed by atoms with E-state index in [0.29, 0.717) is 0 Å². The van der Waals surface area contributed by atoms with Gasteiger partial charge in [0.2, 0.25) is 10.0 Å². The molecule has 0 fully saturated rings. The number of amides is 1. The van der Waals surface area contributed by atoms with Gasteiger partial charge < -0.3 is 0 Å². The number of carbonyl (C=O) groups is 1.